The number of carboxylic acid groups (broad SMARTS) is 1. The van der Waals surface area contributed by atoms with E-state index in [1.165, 1.54) is 89.9 Å². The van der Waals surface area contributed by atoms with E-state index >= 15 is 0 Å². The van der Waals surface area contributed by atoms with E-state index in [0.29, 0.717) is 19.3 Å². The minimum absolute atomic E-state index is 0.0509. The second kappa shape index (κ2) is 53.1. The Balaban J connectivity index is 2.65. The Kier molecular flexibility index (Phi) is 49.2. The van der Waals surface area contributed by atoms with Crippen LogP contribution in [-0.2, 0) is 42.9 Å². The summed E-state index contributed by atoms with van der Waals surface area (Å²) in [6.07, 6.45) is 53.2. The molecule has 0 aromatic heterocycles. The first kappa shape index (κ1) is 71.4. The standard InChI is InChI=1S/C65H112O12/c1-4-7-10-13-16-19-22-24-26-28-29-31-32-34-37-39-42-45-48-51-57(66)73-54-56(75-58(67)52-49-46-43-40-36-21-18-15-12-9-6-3)55-74-65-63(61(70)60(69)62(77-65)64(71)72)76-59(68)53-50-47-44-41-38-35-33-30-27-25-23-20-17-14-11-8-5-2/h16-17,19-20,24-27,29,31,56,60-63,65,69-70H,4-15,18,21-23,28,30,32-55H2,1-3H3,(H,71,72)/b19-16-,20-17-,26-24-,27-25-,31-29-. The van der Waals surface area contributed by atoms with Gasteiger partial charge in [0.1, 0.15) is 18.8 Å². The molecule has 6 atom stereocenters. The lowest BCUT2D eigenvalue weighted by Crippen LogP contribution is -2.61. The lowest BCUT2D eigenvalue weighted by molar-refractivity contribution is -0.301. The van der Waals surface area contributed by atoms with Crippen LogP contribution in [-0.4, -0.2) is 89.2 Å². The number of aliphatic hydroxyl groups is 2. The normalized spacial score (nSPS) is 18.4. The number of carbonyl (C=O) groups is 4. The summed E-state index contributed by atoms with van der Waals surface area (Å²) >= 11 is 0. The molecule has 1 fully saturated rings. The molecule has 1 saturated heterocycles. The zero-order valence-corrected chi connectivity index (χ0v) is 49.0. The average molecular weight is 1090 g/mol. The lowest BCUT2D eigenvalue weighted by atomic mass is 9.98. The number of allylic oxidation sites excluding steroid dienone is 10. The fourth-order valence-electron chi connectivity index (χ4n) is 9.23. The average Bonchev–Trinajstić information content (AvgIpc) is 3.41. The molecule has 1 heterocycles. The fraction of sp³-hybridized carbons (Fsp3) is 0.785. The third kappa shape index (κ3) is 43.0. The van der Waals surface area contributed by atoms with Gasteiger partial charge in [-0.15, -0.1) is 0 Å². The number of hydrogen-bond acceptors (Lipinski definition) is 11. The van der Waals surface area contributed by atoms with E-state index in [1.54, 1.807) is 0 Å². The minimum Gasteiger partial charge on any atom is -0.479 e. The highest BCUT2D eigenvalue weighted by atomic mass is 16.7. The molecule has 444 valence electrons. The molecule has 0 aromatic rings. The van der Waals surface area contributed by atoms with Crippen LogP contribution in [0.15, 0.2) is 60.8 Å². The molecule has 0 bridgehead atoms. The van der Waals surface area contributed by atoms with E-state index in [2.05, 4.69) is 81.5 Å². The van der Waals surface area contributed by atoms with Crippen molar-refractivity contribution in [2.45, 2.75) is 314 Å². The van der Waals surface area contributed by atoms with Gasteiger partial charge in [0.2, 0.25) is 0 Å². The summed E-state index contributed by atoms with van der Waals surface area (Å²) in [7, 11) is 0. The molecule has 0 radical (unpaired) electrons. The van der Waals surface area contributed by atoms with Gasteiger partial charge in [0.05, 0.1) is 6.61 Å². The number of aliphatic hydroxyl groups excluding tert-OH is 2. The Bertz CT molecular complexity index is 1570. The van der Waals surface area contributed by atoms with Gasteiger partial charge in [-0.3, -0.25) is 14.4 Å². The number of carbonyl (C=O) groups excluding carboxylic acids is 3. The van der Waals surface area contributed by atoms with Crippen LogP contribution in [0.2, 0.25) is 0 Å². The summed E-state index contributed by atoms with van der Waals surface area (Å²) in [6, 6.07) is 0. The highest BCUT2D eigenvalue weighted by Gasteiger charge is 2.50. The van der Waals surface area contributed by atoms with Crippen molar-refractivity contribution in [3.05, 3.63) is 60.8 Å². The first-order chi connectivity index (χ1) is 37.6. The Hall–Kier alpha value is -3.58. The molecular weight excluding hydrogens is 973 g/mol. The Labute approximate surface area is 468 Å². The second-order valence-electron chi connectivity index (χ2n) is 21.3. The molecule has 0 spiro atoms. The summed E-state index contributed by atoms with van der Waals surface area (Å²) in [6.45, 7) is 5.94. The maximum absolute atomic E-state index is 13.1. The number of aliphatic carboxylic acids is 1. The molecule has 12 heteroatoms. The van der Waals surface area contributed by atoms with Gasteiger partial charge in [-0.05, 0) is 89.9 Å². The van der Waals surface area contributed by atoms with Crippen molar-refractivity contribution < 1.29 is 58.2 Å². The molecule has 6 unspecified atom stereocenters. The summed E-state index contributed by atoms with van der Waals surface area (Å²) in [5.41, 5.74) is 0. The van der Waals surface area contributed by atoms with Crippen LogP contribution in [0.3, 0.4) is 0 Å². The van der Waals surface area contributed by atoms with E-state index < -0.39 is 67.3 Å². The highest BCUT2D eigenvalue weighted by molar-refractivity contribution is 5.74. The van der Waals surface area contributed by atoms with E-state index in [4.69, 9.17) is 23.7 Å². The predicted molar refractivity (Wildman–Crippen MR) is 312 cm³/mol. The van der Waals surface area contributed by atoms with Crippen molar-refractivity contribution in [1.82, 2.24) is 0 Å². The first-order valence-electron chi connectivity index (χ1n) is 31.3. The zero-order valence-electron chi connectivity index (χ0n) is 49.0. The van der Waals surface area contributed by atoms with E-state index in [-0.39, 0.29) is 25.9 Å². The summed E-state index contributed by atoms with van der Waals surface area (Å²) < 4.78 is 28.5. The molecule has 0 aliphatic carbocycles. The molecule has 0 amide bonds. The van der Waals surface area contributed by atoms with Gasteiger partial charge in [0.15, 0.2) is 24.6 Å². The summed E-state index contributed by atoms with van der Waals surface area (Å²) in [5.74, 6) is -3.13. The predicted octanol–water partition coefficient (Wildman–Crippen LogP) is 16.3. The Morgan fingerprint density at radius 3 is 1.21 bits per heavy atom. The third-order valence-electron chi connectivity index (χ3n) is 14.1. The number of hydrogen-bond donors (Lipinski definition) is 3. The summed E-state index contributed by atoms with van der Waals surface area (Å²) in [4.78, 5) is 51.2. The van der Waals surface area contributed by atoms with Crippen molar-refractivity contribution in [2.24, 2.45) is 0 Å². The number of carboxylic acids is 1. The number of unbranched alkanes of at least 4 members (excludes halogenated alkanes) is 29. The smallest absolute Gasteiger partial charge is 0.335 e. The number of esters is 3. The summed E-state index contributed by atoms with van der Waals surface area (Å²) in [5, 5.41) is 31.5. The van der Waals surface area contributed by atoms with E-state index in [1.807, 2.05) is 0 Å². The molecule has 1 rings (SSSR count). The molecule has 77 heavy (non-hydrogen) atoms. The van der Waals surface area contributed by atoms with Crippen LogP contribution in [0.25, 0.3) is 0 Å². The maximum atomic E-state index is 13.1. The lowest BCUT2D eigenvalue weighted by Gasteiger charge is -2.40. The van der Waals surface area contributed by atoms with Crippen LogP contribution in [0.5, 0.6) is 0 Å². The fourth-order valence-corrected chi connectivity index (χ4v) is 9.23. The van der Waals surface area contributed by atoms with E-state index in [9.17, 15) is 34.5 Å². The van der Waals surface area contributed by atoms with Gasteiger partial charge in [-0.25, -0.2) is 4.79 Å². The van der Waals surface area contributed by atoms with Crippen molar-refractivity contribution in [3.63, 3.8) is 0 Å². The third-order valence-corrected chi connectivity index (χ3v) is 14.1. The van der Waals surface area contributed by atoms with Gasteiger partial charge in [-0.1, -0.05) is 229 Å². The largest absolute Gasteiger partial charge is 0.479 e. The van der Waals surface area contributed by atoms with Crippen molar-refractivity contribution in [2.75, 3.05) is 13.2 Å². The van der Waals surface area contributed by atoms with E-state index in [0.717, 1.165) is 128 Å². The van der Waals surface area contributed by atoms with Crippen LogP contribution in [0.4, 0.5) is 0 Å². The van der Waals surface area contributed by atoms with Gasteiger partial charge < -0.3 is 39.0 Å². The second-order valence-corrected chi connectivity index (χ2v) is 21.3. The zero-order chi connectivity index (χ0) is 56.1. The van der Waals surface area contributed by atoms with Crippen molar-refractivity contribution in [3.8, 4) is 0 Å². The van der Waals surface area contributed by atoms with Gasteiger partial charge in [0.25, 0.3) is 0 Å². The molecule has 1 aliphatic heterocycles. The SMILES string of the molecule is CCCCC/C=C\C/C=C\C/C=C\CCCCCCCCC(=O)OCC(COC1OC(C(=O)O)C(O)C(O)C1OC(=O)CCCCCCCCC/C=C\C/C=C\CCCCC)OC(=O)CCCCCCCCCCCCC. The molecule has 0 saturated carbocycles. The van der Waals surface area contributed by atoms with Crippen LogP contribution < -0.4 is 0 Å². The van der Waals surface area contributed by atoms with Gasteiger partial charge in [-0.2, -0.15) is 0 Å². The molecule has 1 aliphatic rings. The maximum Gasteiger partial charge on any atom is 0.335 e. The topological polar surface area (TPSA) is 175 Å². The van der Waals surface area contributed by atoms with Crippen LogP contribution in [0.1, 0.15) is 278 Å². The van der Waals surface area contributed by atoms with Crippen molar-refractivity contribution in [1.29, 1.82) is 0 Å². The van der Waals surface area contributed by atoms with Crippen LogP contribution in [0, 0.1) is 0 Å². The van der Waals surface area contributed by atoms with Crippen LogP contribution >= 0.6 is 0 Å². The van der Waals surface area contributed by atoms with Crippen molar-refractivity contribution >= 4 is 23.9 Å². The quantitative estimate of drug-likeness (QED) is 0.0228. The monoisotopic (exact) mass is 1080 g/mol. The first-order valence-corrected chi connectivity index (χ1v) is 31.3. The van der Waals surface area contributed by atoms with Gasteiger partial charge in [0, 0.05) is 19.3 Å². The molecule has 3 N–H and O–H groups in total. The molecule has 0 aromatic carbocycles. The Morgan fingerprint density at radius 1 is 0.429 bits per heavy atom. The number of ether oxygens (including phenoxy) is 5. The molecular formula is C65H112O12. The highest BCUT2D eigenvalue weighted by Crippen LogP contribution is 2.26. The Morgan fingerprint density at radius 2 is 0.779 bits per heavy atom. The minimum atomic E-state index is -1.91. The molecule has 12 nitrogen and oxygen atoms in total. The van der Waals surface area contributed by atoms with Gasteiger partial charge >= 0.3 is 23.9 Å². The number of rotatable bonds is 53.